The lowest BCUT2D eigenvalue weighted by Gasteiger charge is -2.23. The van der Waals surface area contributed by atoms with Gasteiger partial charge in [-0.1, -0.05) is 57.2 Å². The van der Waals surface area contributed by atoms with Crippen LogP contribution >= 0.6 is 0 Å². The molecule has 0 atom stereocenters. The summed E-state index contributed by atoms with van der Waals surface area (Å²) < 4.78 is 13.4. The lowest BCUT2D eigenvalue weighted by Crippen LogP contribution is -2.12. The SMILES string of the molecule is CC(C)(C)c1ccc(F)cc1-c1ccccc1. The van der Waals surface area contributed by atoms with E-state index >= 15 is 0 Å². The molecule has 0 nitrogen and oxygen atoms in total. The first-order valence-electron chi connectivity index (χ1n) is 5.84. The number of rotatable bonds is 1. The molecule has 0 amide bonds. The van der Waals surface area contributed by atoms with Gasteiger partial charge in [-0.2, -0.15) is 0 Å². The first-order valence-corrected chi connectivity index (χ1v) is 5.84. The largest absolute Gasteiger partial charge is 0.207 e. The van der Waals surface area contributed by atoms with Crippen LogP contribution in [-0.4, -0.2) is 0 Å². The van der Waals surface area contributed by atoms with Crippen molar-refractivity contribution in [3.63, 3.8) is 0 Å². The van der Waals surface area contributed by atoms with Gasteiger partial charge in [0.1, 0.15) is 5.82 Å². The maximum atomic E-state index is 13.4. The third-order valence-corrected chi connectivity index (χ3v) is 2.87. The van der Waals surface area contributed by atoms with Crippen LogP contribution in [0.1, 0.15) is 26.3 Å². The van der Waals surface area contributed by atoms with Gasteiger partial charge in [0.2, 0.25) is 0 Å². The molecule has 0 radical (unpaired) electrons. The molecule has 0 aliphatic carbocycles. The van der Waals surface area contributed by atoms with E-state index in [1.165, 1.54) is 11.6 Å². The van der Waals surface area contributed by atoms with Gasteiger partial charge in [-0.25, -0.2) is 4.39 Å². The quantitative estimate of drug-likeness (QED) is 0.658. The minimum Gasteiger partial charge on any atom is -0.207 e. The molecule has 2 aromatic carbocycles. The van der Waals surface area contributed by atoms with Crippen molar-refractivity contribution in [1.29, 1.82) is 0 Å². The van der Waals surface area contributed by atoms with Crippen LogP contribution in [0.2, 0.25) is 0 Å². The average molecular weight is 228 g/mol. The second-order valence-corrected chi connectivity index (χ2v) is 5.31. The fraction of sp³-hybridized carbons (Fsp3) is 0.250. The Hall–Kier alpha value is -1.63. The Morgan fingerprint density at radius 3 is 2.12 bits per heavy atom. The van der Waals surface area contributed by atoms with Crippen LogP contribution in [0.3, 0.4) is 0 Å². The number of halogens is 1. The molecule has 0 spiro atoms. The van der Waals surface area contributed by atoms with Crippen LogP contribution in [0.5, 0.6) is 0 Å². The summed E-state index contributed by atoms with van der Waals surface area (Å²) in [5, 5.41) is 0. The van der Waals surface area contributed by atoms with Gasteiger partial charge in [0.15, 0.2) is 0 Å². The van der Waals surface area contributed by atoms with Crippen molar-refractivity contribution < 1.29 is 4.39 Å². The summed E-state index contributed by atoms with van der Waals surface area (Å²) in [6.07, 6.45) is 0. The van der Waals surface area contributed by atoms with Gasteiger partial charge < -0.3 is 0 Å². The van der Waals surface area contributed by atoms with Crippen LogP contribution < -0.4 is 0 Å². The Bertz CT molecular complexity index is 507. The van der Waals surface area contributed by atoms with E-state index in [0.29, 0.717) is 0 Å². The van der Waals surface area contributed by atoms with Crippen molar-refractivity contribution in [3.05, 3.63) is 59.9 Å². The standard InChI is InChI=1S/C16H17F/c1-16(2,3)15-10-9-13(17)11-14(15)12-7-5-4-6-8-12/h4-11H,1-3H3. The number of benzene rings is 2. The molecule has 0 saturated carbocycles. The zero-order chi connectivity index (χ0) is 12.5. The first-order chi connectivity index (χ1) is 7.98. The average Bonchev–Trinajstić information content (AvgIpc) is 2.28. The molecule has 0 aromatic heterocycles. The van der Waals surface area contributed by atoms with E-state index < -0.39 is 0 Å². The fourth-order valence-electron chi connectivity index (χ4n) is 2.03. The summed E-state index contributed by atoms with van der Waals surface area (Å²) in [5.74, 6) is -0.183. The second kappa shape index (κ2) is 4.33. The molecule has 1 heteroatoms. The molecular formula is C16H17F. The lowest BCUT2D eigenvalue weighted by atomic mass is 9.82. The Balaban J connectivity index is 2.64. The minimum atomic E-state index is -0.183. The van der Waals surface area contributed by atoms with Crippen molar-refractivity contribution in [2.24, 2.45) is 0 Å². The van der Waals surface area contributed by atoms with Gasteiger partial charge in [-0.05, 0) is 34.2 Å². The predicted molar refractivity (Wildman–Crippen MR) is 70.5 cm³/mol. The van der Waals surface area contributed by atoms with Crippen molar-refractivity contribution in [3.8, 4) is 11.1 Å². The highest BCUT2D eigenvalue weighted by Gasteiger charge is 2.18. The maximum absolute atomic E-state index is 13.4. The van der Waals surface area contributed by atoms with Crippen molar-refractivity contribution in [1.82, 2.24) is 0 Å². The molecule has 2 aromatic rings. The lowest BCUT2D eigenvalue weighted by molar-refractivity contribution is 0.585. The molecule has 0 aliphatic rings. The topological polar surface area (TPSA) is 0 Å². The van der Waals surface area contributed by atoms with Gasteiger partial charge in [0.05, 0.1) is 0 Å². The van der Waals surface area contributed by atoms with E-state index in [4.69, 9.17) is 0 Å². The molecule has 0 bridgehead atoms. The van der Waals surface area contributed by atoms with Gasteiger partial charge in [0, 0.05) is 0 Å². The van der Waals surface area contributed by atoms with E-state index in [2.05, 4.69) is 20.8 Å². The second-order valence-electron chi connectivity index (χ2n) is 5.31. The van der Waals surface area contributed by atoms with Crippen molar-refractivity contribution in [2.75, 3.05) is 0 Å². The van der Waals surface area contributed by atoms with Crippen molar-refractivity contribution >= 4 is 0 Å². The van der Waals surface area contributed by atoms with Gasteiger partial charge in [-0.15, -0.1) is 0 Å². The Kier molecular flexibility index (Phi) is 3.01. The van der Waals surface area contributed by atoms with Gasteiger partial charge in [-0.3, -0.25) is 0 Å². The third kappa shape index (κ3) is 2.55. The Morgan fingerprint density at radius 1 is 0.882 bits per heavy atom. The molecule has 0 fully saturated rings. The van der Waals surface area contributed by atoms with Crippen LogP contribution in [0, 0.1) is 5.82 Å². The van der Waals surface area contributed by atoms with Gasteiger partial charge in [0.25, 0.3) is 0 Å². The zero-order valence-electron chi connectivity index (χ0n) is 10.5. The smallest absolute Gasteiger partial charge is 0.123 e. The highest BCUT2D eigenvalue weighted by Crippen LogP contribution is 2.33. The molecule has 0 unspecified atom stereocenters. The summed E-state index contributed by atoms with van der Waals surface area (Å²) in [7, 11) is 0. The van der Waals surface area contributed by atoms with Crippen LogP contribution in [0.25, 0.3) is 11.1 Å². The summed E-state index contributed by atoms with van der Waals surface area (Å²) in [6.45, 7) is 6.44. The normalized spacial score (nSPS) is 11.5. The van der Waals surface area contributed by atoms with Crippen LogP contribution in [0.15, 0.2) is 48.5 Å². The highest BCUT2D eigenvalue weighted by molar-refractivity contribution is 5.68. The van der Waals surface area contributed by atoms with E-state index in [0.717, 1.165) is 11.1 Å². The first kappa shape index (κ1) is 11.8. The molecule has 0 heterocycles. The molecule has 88 valence electrons. The molecular weight excluding hydrogens is 211 g/mol. The number of hydrogen-bond donors (Lipinski definition) is 0. The fourth-order valence-corrected chi connectivity index (χ4v) is 2.03. The predicted octanol–water partition coefficient (Wildman–Crippen LogP) is 4.79. The van der Waals surface area contributed by atoms with E-state index in [-0.39, 0.29) is 11.2 Å². The maximum Gasteiger partial charge on any atom is 0.123 e. The summed E-state index contributed by atoms with van der Waals surface area (Å²) >= 11 is 0. The van der Waals surface area contributed by atoms with Crippen LogP contribution in [-0.2, 0) is 5.41 Å². The Morgan fingerprint density at radius 2 is 1.53 bits per heavy atom. The van der Waals surface area contributed by atoms with Crippen LogP contribution in [0.4, 0.5) is 4.39 Å². The van der Waals surface area contributed by atoms with Gasteiger partial charge >= 0.3 is 0 Å². The molecule has 17 heavy (non-hydrogen) atoms. The monoisotopic (exact) mass is 228 g/mol. The third-order valence-electron chi connectivity index (χ3n) is 2.87. The summed E-state index contributed by atoms with van der Waals surface area (Å²) in [6, 6.07) is 15.0. The van der Waals surface area contributed by atoms with E-state index in [9.17, 15) is 4.39 Å². The molecule has 2 rings (SSSR count). The summed E-state index contributed by atoms with van der Waals surface area (Å²) in [5.41, 5.74) is 3.24. The van der Waals surface area contributed by atoms with E-state index in [1.54, 1.807) is 6.07 Å². The summed E-state index contributed by atoms with van der Waals surface area (Å²) in [4.78, 5) is 0. The highest BCUT2D eigenvalue weighted by atomic mass is 19.1. The molecule has 0 N–H and O–H groups in total. The van der Waals surface area contributed by atoms with E-state index in [1.807, 2.05) is 36.4 Å². The molecule has 0 saturated heterocycles. The Labute approximate surface area is 102 Å². The minimum absolute atomic E-state index is 0.0128. The van der Waals surface area contributed by atoms with Crippen molar-refractivity contribution in [2.45, 2.75) is 26.2 Å². The zero-order valence-corrected chi connectivity index (χ0v) is 10.5. The molecule has 0 aliphatic heterocycles. The number of hydrogen-bond acceptors (Lipinski definition) is 0.